The van der Waals surface area contributed by atoms with Gasteiger partial charge in [0.05, 0.1) is 18.9 Å². The first-order valence-electron chi connectivity index (χ1n) is 9.82. The van der Waals surface area contributed by atoms with Crippen molar-refractivity contribution in [2.24, 2.45) is 0 Å². The Bertz CT molecular complexity index is 860. The van der Waals surface area contributed by atoms with E-state index in [0.29, 0.717) is 17.9 Å². The van der Waals surface area contributed by atoms with Gasteiger partial charge in [0.15, 0.2) is 11.6 Å². The Balaban J connectivity index is 1.83. The van der Waals surface area contributed by atoms with E-state index < -0.39 is 17.5 Å². The summed E-state index contributed by atoms with van der Waals surface area (Å²) in [5, 5.41) is 2.61. The van der Waals surface area contributed by atoms with Crippen molar-refractivity contribution in [3.05, 3.63) is 53.6 Å². The zero-order valence-electron chi connectivity index (χ0n) is 16.7. The Kier molecular flexibility index (Phi) is 7.04. The number of carbonyl (C=O) groups excluding carboxylic acids is 1. The fourth-order valence-corrected chi connectivity index (χ4v) is 3.55. The summed E-state index contributed by atoms with van der Waals surface area (Å²) in [6.45, 7) is 4.21. The molecule has 0 spiro atoms. The first kappa shape index (κ1) is 21.0. The summed E-state index contributed by atoms with van der Waals surface area (Å²) in [5.74, 6) is -1.70. The molecule has 0 radical (unpaired) electrons. The van der Waals surface area contributed by atoms with Crippen LogP contribution in [0.2, 0.25) is 0 Å². The van der Waals surface area contributed by atoms with Gasteiger partial charge < -0.3 is 19.7 Å². The molecule has 0 saturated carbocycles. The van der Waals surface area contributed by atoms with Crippen LogP contribution in [0.15, 0.2) is 36.4 Å². The van der Waals surface area contributed by atoms with Gasteiger partial charge in [-0.05, 0) is 56.5 Å². The Hall–Kier alpha value is -2.67. The molecule has 5 nitrogen and oxygen atoms in total. The number of hydrogen-bond acceptors (Lipinski definition) is 4. The van der Waals surface area contributed by atoms with E-state index in [9.17, 15) is 13.6 Å². The van der Waals surface area contributed by atoms with Crippen LogP contribution in [0, 0.1) is 11.6 Å². The van der Waals surface area contributed by atoms with Gasteiger partial charge in [0.25, 0.3) is 5.91 Å². The smallest absolute Gasteiger partial charge is 0.255 e. The second kappa shape index (κ2) is 9.69. The third-order valence-electron chi connectivity index (χ3n) is 4.99. The van der Waals surface area contributed by atoms with E-state index in [-0.39, 0.29) is 11.8 Å². The van der Waals surface area contributed by atoms with Crippen LogP contribution in [0.1, 0.15) is 36.5 Å². The molecule has 1 fully saturated rings. The fourth-order valence-electron chi connectivity index (χ4n) is 3.55. The topological polar surface area (TPSA) is 50.8 Å². The minimum absolute atomic E-state index is 0.131. The van der Waals surface area contributed by atoms with Gasteiger partial charge in [-0.2, -0.15) is 0 Å². The van der Waals surface area contributed by atoms with Crippen molar-refractivity contribution in [2.45, 2.75) is 32.3 Å². The number of anilines is 2. The maximum atomic E-state index is 13.4. The summed E-state index contributed by atoms with van der Waals surface area (Å²) in [7, 11) is 1.59. The Labute approximate surface area is 169 Å². The van der Waals surface area contributed by atoms with Crippen LogP contribution in [-0.2, 0) is 4.74 Å². The maximum absolute atomic E-state index is 13.4. The third-order valence-corrected chi connectivity index (χ3v) is 4.99. The van der Waals surface area contributed by atoms with Crippen LogP contribution >= 0.6 is 0 Å². The number of nitrogens with one attached hydrogen (secondary N) is 1. The van der Waals surface area contributed by atoms with Crippen molar-refractivity contribution >= 4 is 17.3 Å². The number of nitrogens with zero attached hydrogens (tertiary/aromatic N) is 1. The Morgan fingerprint density at radius 3 is 2.72 bits per heavy atom. The predicted octanol–water partition coefficient (Wildman–Crippen LogP) is 4.62. The van der Waals surface area contributed by atoms with E-state index in [0.717, 1.165) is 50.2 Å². The summed E-state index contributed by atoms with van der Waals surface area (Å²) >= 11 is 0. The largest absolute Gasteiger partial charge is 0.495 e. The highest BCUT2D eigenvalue weighted by Gasteiger charge is 2.22. The standard InChI is InChI=1S/C22H26F2N2O3/c1-3-29-17-6-4-5-11-26(14-17)20-12-15(7-10-21(20)28-2)22(27)25-16-8-9-18(23)19(24)13-16/h7-10,12-13,17H,3-6,11,14H2,1-2H3,(H,25,27). The lowest BCUT2D eigenvalue weighted by Gasteiger charge is -2.28. The van der Waals surface area contributed by atoms with Crippen molar-refractivity contribution in [3.63, 3.8) is 0 Å². The highest BCUT2D eigenvalue weighted by molar-refractivity contribution is 6.05. The molecule has 1 saturated heterocycles. The summed E-state index contributed by atoms with van der Waals surface area (Å²) in [5.41, 5.74) is 1.41. The van der Waals surface area contributed by atoms with Crippen LogP contribution in [0.4, 0.5) is 20.2 Å². The first-order valence-corrected chi connectivity index (χ1v) is 9.82. The SMILES string of the molecule is CCOC1CCCCN(c2cc(C(=O)Nc3ccc(F)c(F)c3)ccc2OC)C1. The van der Waals surface area contributed by atoms with E-state index in [1.165, 1.54) is 6.07 Å². The van der Waals surface area contributed by atoms with Crippen LogP contribution in [0.5, 0.6) is 5.75 Å². The molecule has 7 heteroatoms. The Morgan fingerprint density at radius 2 is 2.00 bits per heavy atom. The summed E-state index contributed by atoms with van der Waals surface area (Å²) in [6.07, 6.45) is 3.24. The van der Waals surface area contributed by atoms with Crippen molar-refractivity contribution in [3.8, 4) is 5.75 Å². The quantitative estimate of drug-likeness (QED) is 0.763. The minimum atomic E-state index is -1.01. The lowest BCUT2D eigenvalue weighted by molar-refractivity contribution is 0.0638. The van der Waals surface area contributed by atoms with Gasteiger partial charge in [-0.1, -0.05) is 0 Å². The van der Waals surface area contributed by atoms with Crippen LogP contribution in [-0.4, -0.2) is 38.8 Å². The van der Waals surface area contributed by atoms with E-state index >= 15 is 0 Å². The molecule has 1 atom stereocenters. The molecule has 1 unspecified atom stereocenters. The van der Waals surface area contributed by atoms with Gasteiger partial charge in [0, 0.05) is 37.0 Å². The molecule has 1 N–H and O–H groups in total. The molecule has 29 heavy (non-hydrogen) atoms. The molecule has 1 heterocycles. The fraction of sp³-hybridized carbons (Fsp3) is 0.409. The van der Waals surface area contributed by atoms with Crippen molar-refractivity contribution in [2.75, 3.05) is 37.0 Å². The molecule has 2 aromatic rings. The third kappa shape index (κ3) is 5.23. The second-order valence-corrected chi connectivity index (χ2v) is 6.99. The normalized spacial score (nSPS) is 17.0. The molecule has 1 aliphatic rings. The summed E-state index contributed by atoms with van der Waals surface area (Å²) < 4.78 is 37.9. The molecule has 3 rings (SSSR count). The molecule has 0 bridgehead atoms. The number of hydrogen-bond donors (Lipinski definition) is 1. The molecule has 1 aliphatic heterocycles. The lowest BCUT2D eigenvalue weighted by atomic mass is 10.1. The highest BCUT2D eigenvalue weighted by Crippen LogP contribution is 2.32. The number of amides is 1. The summed E-state index contributed by atoms with van der Waals surface area (Å²) in [4.78, 5) is 14.8. The van der Waals surface area contributed by atoms with E-state index in [2.05, 4.69) is 10.2 Å². The van der Waals surface area contributed by atoms with Gasteiger partial charge in [-0.25, -0.2) is 8.78 Å². The van der Waals surface area contributed by atoms with Gasteiger partial charge in [-0.15, -0.1) is 0 Å². The lowest BCUT2D eigenvalue weighted by Crippen LogP contribution is -2.33. The second-order valence-electron chi connectivity index (χ2n) is 6.99. The highest BCUT2D eigenvalue weighted by atomic mass is 19.2. The van der Waals surface area contributed by atoms with E-state index in [4.69, 9.17) is 9.47 Å². The van der Waals surface area contributed by atoms with Gasteiger partial charge in [-0.3, -0.25) is 4.79 Å². The average Bonchev–Trinajstić information content (AvgIpc) is 2.96. The average molecular weight is 404 g/mol. The van der Waals surface area contributed by atoms with Crippen LogP contribution in [0.3, 0.4) is 0 Å². The molecular formula is C22H26F2N2O3. The van der Waals surface area contributed by atoms with Crippen molar-refractivity contribution < 1.29 is 23.0 Å². The molecule has 0 aromatic heterocycles. The number of carbonyl (C=O) groups is 1. The number of benzene rings is 2. The van der Waals surface area contributed by atoms with Gasteiger partial charge in [0.1, 0.15) is 5.75 Å². The van der Waals surface area contributed by atoms with Crippen LogP contribution in [0.25, 0.3) is 0 Å². The van der Waals surface area contributed by atoms with Gasteiger partial charge >= 0.3 is 0 Å². The van der Waals surface area contributed by atoms with E-state index in [1.54, 1.807) is 25.3 Å². The van der Waals surface area contributed by atoms with E-state index in [1.807, 2.05) is 6.92 Å². The number of halogens is 2. The number of ether oxygens (including phenoxy) is 2. The molecule has 0 aliphatic carbocycles. The van der Waals surface area contributed by atoms with Gasteiger partial charge in [0.2, 0.25) is 0 Å². The molecule has 1 amide bonds. The summed E-state index contributed by atoms with van der Waals surface area (Å²) in [6, 6.07) is 8.42. The zero-order valence-corrected chi connectivity index (χ0v) is 16.7. The zero-order chi connectivity index (χ0) is 20.8. The Morgan fingerprint density at radius 1 is 1.17 bits per heavy atom. The monoisotopic (exact) mass is 404 g/mol. The molecular weight excluding hydrogens is 378 g/mol. The maximum Gasteiger partial charge on any atom is 0.255 e. The number of rotatable bonds is 6. The number of methoxy groups -OCH3 is 1. The first-order chi connectivity index (χ1) is 14.0. The predicted molar refractivity (Wildman–Crippen MR) is 109 cm³/mol. The minimum Gasteiger partial charge on any atom is -0.495 e. The van der Waals surface area contributed by atoms with Crippen molar-refractivity contribution in [1.29, 1.82) is 0 Å². The molecule has 2 aromatic carbocycles. The molecule has 156 valence electrons. The van der Waals surface area contributed by atoms with Crippen LogP contribution < -0.4 is 15.0 Å². The van der Waals surface area contributed by atoms with Crippen molar-refractivity contribution in [1.82, 2.24) is 0 Å².